The number of aromatic carboxylic acids is 1. The van der Waals surface area contributed by atoms with Crippen molar-refractivity contribution >= 4 is 15.8 Å². The standard InChI is InChI=1S/C13H18O6S/c1-10-3-4-11(9-12(10)13(14)15)20(16,17)8-7-19-6-5-18-2/h3-4,9H,5-8H2,1-2H3,(H,14,15). The molecular weight excluding hydrogens is 284 g/mol. The molecule has 112 valence electrons. The molecule has 0 heterocycles. The molecule has 6 nitrogen and oxygen atoms in total. The molecule has 0 aliphatic heterocycles. The van der Waals surface area contributed by atoms with Crippen LogP contribution in [0.1, 0.15) is 15.9 Å². The number of carbonyl (C=O) groups is 1. The lowest BCUT2D eigenvalue weighted by Crippen LogP contribution is -2.15. The average Bonchev–Trinajstić information content (AvgIpc) is 2.38. The Labute approximate surface area is 118 Å². The number of carboxylic acids is 1. The van der Waals surface area contributed by atoms with Gasteiger partial charge < -0.3 is 14.6 Å². The van der Waals surface area contributed by atoms with Gasteiger partial charge in [0.1, 0.15) is 0 Å². The van der Waals surface area contributed by atoms with Crippen LogP contribution in [-0.2, 0) is 19.3 Å². The van der Waals surface area contributed by atoms with E-state index in [1.54, 1.807) is 6.92 Å². The first-order valence-electron chi connectivity index (χ1n) is 6.02. The fourth-order valence-corrected chi connectivity index (χ4v) is 2.70. The molecule has 0 saturated heterocycles. The summed E-state index contributed by atoms with van der Waals surface area (Å²) in [5.74, 6) is -1.34. The Bertz CT molecular complexity index is 564. The van der Waals surface area contributed by atoms with Gasteiger partial charge in [-0.05, 0) is 24.6 Å². The van der Waals surface area contributed by atoms with Gasteiger partial charge in [-0.15, -0.1) is 0 Å². The number of ether oxygens (including phenoxy) is 2. The van der Waals surface area contributed by atoms with Gasteiger partial charge in [0.05, 0.1) is 36.0 Å². The van der Waals surface area contributed by atoms with E-state index >= 15 is 0 Å². The minimum Gasteiger partial charge on any atom is -0.478 e. The minimum atomic E-state index is -3.55. The Morgan fingerprint density at radius 3 is 2.55 bits per heavy atom. The molecule has 0 spiro atoms. The fourth-order valence-electron chi connectivity index (χ4n) is 1.56. The second-order valence-electron chi connectivity index (χ2n) is 4.21. The van der Waals surface area contributed by atoms with Gasteiger partial charge in [-0.2, -0.15) is 0 Å². The first-order valence-corrected chi connectivity index (χ1v) is 7.67. The van der Waals surface area contributed by atoms with E-state index in [1.807, 2.05) is 0 Å². The van der Waals surface area contributed by atoms with Crippen LogP contribution < -0.4 is 0 Å². The van der Waals surface area contributed by atoms with E-state index < -0.39 is 15.8 Å². The number of sulfone groups is 1. The number of rotatable bonds is 8. The van der Waals surface area contributed by atoms with Crippen molar-refractivity contribution in [3.05, 3.63) is 29.3 Å². The second kappa shape index (κ2) is 7.37. The lowest BCUT2D eigenvalue weighted by atomic mass is 10.1. The topological polar surface area (TPSA) is 89.9 Å². The largest absolute Gasteiger partial charge is 0.478 e. The zero-order valence-electron chi connectivity index (χ0n) is 11.5. The summed E-state index contributed by atoms with van der Waals surface area (Å²) in [7, 11) is -2.02. The van der Waals surface area contributed by atoms with Gasteiger partial charge in [-0.3, -0.25) is 0 Å². The van der Waals surface area contributed by atoms with Crippen molar-refractivity contribution < 1.29 is 27.8 Å². The zero-order valence-corrected chi connectivity index (χ0v) is 12.3. The van der Waals surface area contributed by atoms with Crippen LogP contribution in [0.2, 0.25) is 0 Å². The van der Waals surface area contributed by atoms with E-state index in [1.165, 1.54) is 25.3 Å². The molecule has 0 amide bonds. The van der Waals surface area contributed by atoms with Crippen molar-refractivity contribution in [2.75, 3.05) is 32.7 Å². The van der Waals surface area contributed by atoms with Gasteiger partial charge >= 0.3 is 5.97 Å². The first kappa shape index (κ1) is 16.6. The quantitative estimate of drug-likeness (QED) is 0.724. The monoisotopic (exact) mass is 302 g/mol. The molecule has 1 rings (SSSR count). The van der Waals surface area contributed by atoms with Gasteiger partial charge in [-0.25, -0.2) is 13.2 Å². The normalized spacial score (nSPS) is 11.5. The summed E-state index contributed by atoms with van der Waals surface area (Å²) in [5, 5.41) is 9.00. The van der Waals surface area contributed by atoms with Crippen LogP contribution in [0.25, 0.3) is 0 Å². The summed E-state index contributed by atoms with van der Waals surface area (Å²) in [6.07, 6.45) is 0. The summed E-state index contributed by atoms with van der Waals surface area (Å²) in [6.45, 7) is 2.38. The highest BCUT2D eigenvalue weighted by atomic mass is 32.2. The van der Waals surface area contributed by atoms with Crippen molar-refractivity contribution in [3.8, 4) is 0 Å². The Kier molecular flexibility index (Phi) is 6.12. The number of carboxylic acid groups (broad SMARTS) is 1. The number of benzene rings is 1. The van der Waals surface area contributed by atoms with Crippen LogP contribution in [0.15, 0.2) is 23.1 Å². The highest BCUT2D eigenvalue weighted by molar-refractivity contribution is 7.91. The molecule has 0 aromatic heterocycles. The molecule has 1 N–H and O–H groups in total. The van der Waals surface area contributed by atoms with Gasteiger partial charge in [0.15, 0.2) is 9.84 Å². The maximum atomic E-state index is 12.0. The number of methoxy groups -OCH3 is 1. The molecule has 0 atom stereocenters. The molecule has 7 heteroatoms. The Balaban J connectivity index is 2.77. The third-order valence-corrected chi connectivity index (χ3v) is 4.40. The molecule has 0 aliphatic rings. The molecule has 0 unspecified atom stereocenters. The lowest BCUT2D eigenvalue weighted by Gasteiger charge is -2.08. The Morgan fingerprint density at radius 2 is 1.95 bits per heavy atom. The van der Waals surface area contributed by atoms with E-state index in [-0.39, 0.29) is 22.8 Å². The van der Waals surface area contributed by atoms with Gasteiger partial charge in [0, 0.05) is 7.11 Å². The smallest absolute Gasteiger partial charge is 0.335 e. The van der Waals surface area contributed by atoms with Crippen LogP contribution in [0.3, 0.4) is 0 Å². The van der Waals surface area contributed by atoms with E-state index in [0.29, 0.717) is 18.8 Å². The van der Waals surface area contributed by atoms with Crippen LogP contribution in [0.4, 0.5) is 0 Å². The zero-order chi connectivity index (χ0) is 15.2. The van der Waals surface area contributed by atoms with Crippen LogP contribution >= 0.6 is 0 Å². The fraction of sp³-hybridized carbons (Fsp3) is 0.462. The Hall–Kier alpha value is -1.44. The van der Waals surface area contributed by atoms with Crippen LogP contribution in [0.5, 0.6) is 0 Å². The van der Waals surface area contributed by atoms with E-state index in [4.69, 9.17) is 14.6 Å². The van der Waals surface area contributed by atoms with Crippen LogP contribution in [-0.4, -0.2) is 52.2 Å². The maximum absolute atomic E-state index is 12.0. The highest BCUT2D eigenvalue weighted by Crippen LogP contribution is 2.17. The third-order valence-electron chi connectivity index (χ3n) is 2.73. The van der Waals surface area contributed by atoms with Gasteiger partial charge in [0.2, 0.25) is 0 Å². The molecule has 0 saturated carbocycles. The predicted octanol–water partition coefficient (Wildman–Crippen LogP) is 1.13. The van der Waals surface area contributed by atoms with Crippen molar-refractivity contribution in [2.24, 2.45) is 0 Å². The van der Waals surface area contributed by atoms with Crippen molar-refractivity contribution in [1.29, 1.82) is 0 Å². The maximum Gasteiger partial charge on any atom is 0.335 e. The lowest BCUT2D eigenvalue weighted by molar-refractivity contribution is 0.0696. The molecule has 0 bridgehead atoms. The SMILES string of the molecule is COCCOCCS(=O)(=O)c1ccc(C)c(C(=O)O)c1. The third kappa shape index (κ3) is 4.59. The van der Waals surface area contributed by atoms with Crippen molar-refractivity contribution in [2.45, 2.75) is 11.8 Å². The first-order chi connectivity index (χ1) is 9.38. The highest BCUT2D eigenvalue weighted by Gasteiger charge is 2.17. The molecule has 20 heavy (non-hydrogen) atoms. The van der Waals surface area contributed by atoms with E-state index in [2.05, 4.69) is 0 Å². The number of hydrogen-bond donors (Lipinski definition) is 1. The summed E-state index contributed by atoms with van der Waals surface area (Å²) >= 11 is 0. The molecule has 0 aliphatic carbocycles. The summed E-state index contributed by atoms with van der Waals surface area (Å²) in [5.41, 5.74) is 0.513. The van der Waals surface area contributed by atoms with Gasteiger partial charge in [0.25, 0.3) is 0 Å². The molecule has 1 aromatic carbocycles. The van der Waals surface area contributed by atoms with Crippen LogP contribution in [0, 0.1) is 6.92 Å². The molecule has 0 radical (unpaired) electrons. The predicted molar refractivity (Wildman–Crippen MR) is 72.9 cm³/mol. The Morgan fingerprint density at radius 1 is 1.25 bits per heavy atom. The van der Waals surface area contributed by atoms with Gasteiger partial charge in [-0.1, -0.05) is 6.07 Å². The molecule has 1 aromatic rings. The van der Waals surface area contributed by atoms with Crippen molar-refractivity contribution in [3.63, 3.8) is 0 Å². The summed E-state index contributed by atoms with van der Waals surface area (Å²) < 4.78 is 34.0. The van der Waals surface area contributed by atoms with E-state index in [9.17, 15) is 13.2 Å². The van der Waals surface area contributed by atoms with E-state index in [0.717, 1.165) is 0 Å². The van der Waals surface area contributed by atoms with Crippen molar-refractivity contribution in [1.82, 2.24) is 0 Å². The minimum absolute atomic E-state index is 0.00385. The number of aryl methyl sites for hydroxylation is 1. The summed E-state index contributed by atoms with van der Waals surface area (Å²) in [4.78, 5) is 11.0. The number of hydrogen-bond acceptors (Lipinski definition) is 5. The molecular formula is C13H18O6S. The summed E-state index contributed by atoms with van der Waals surface area (Å²) in [6, 6.07) is 4.08. The average molecular weight is 302 g/mol. The second-order valence-corrected chi connectivity index (χ2v) is 6.32. The molecule has 0 fully saturated rings.